The summed E-state index contributed by atoms with van der Waals surface area (Å²) in [5, 5.41) is 12.9. The molecule has 8 heteroatoms. The molecule has 1 fully saturated rings. The molecule has 2 heterocycles. The fourth-order valence-electron chi connectivity index (χ4n) is 3.78. The molecule has 0 spiro atoms. The summed E-state index contributed by atoms with van der Waals surface area (Å²) in [6.07, 6.45) is 0. The van der Waals surface area contributed by atoms with Gasteiger partial charge in [-0.3, -0.25) is 9.69 Å². The number of ketones is 1. The van der Waals surface area contributed by atoms with Crippen molar-refractivity contribution < 1.29 is 4.79 Å². The Morgan fingerprint density at radius 2 is 1.88 bits per heavy atom. The van der Waals surface area contributed by atoms with E-state index in [4.69, 9.17) is 11.0 Å². The Bertz CT molecular complexity index is 1140. The minimum atomic E-state index is -0.235. The lowest BCUT2D eigenvalue weighted by atomic mass is 10.1. The molecule has 32 heavy (non-hydrogen) atoms. The van der Waals surface area contributed by atoms with Gasteiger partial charge in [-0.1, -0.05) is 23.5 Å². The number of carbonyl (C=O) groups excluding carboxylic acids is 1. The molecule has 4 rings (SSSR count). The quantitative estimate of drug-likeness (QED) is 0.550. The first-order valence-electron chi connectivity index (χ1n) is 10.6. The van der Waals surface area contributed by atoms with E-state index in [0.717, 1.165) is 31.9 Å². The minimum absolute atomic E-state index is 0.185. The van der Waals surface area contributed by atoms with Gasteiger partial charge in [0.2, 0.25) is 5.78 Å². The summed E-state index contributed by atoms with van der Waals surface area (Å²) >= 11 is 1.21. The number of hydrogen-bond donors (Lipinski definition) is 2. The monoisotopic (exact) mass is 446 g/mol. The van der Waals surface area contributed by atoms with Crippen LogP contribution in [-0.2, 0) is 0 Å². The Labute approximate surface area is 192 Å². The first kappa shape index (κ1) is 21.8. The van der Waals surface area contributed by atoms with E-state index in [1.807, 2.05) is 18.2 Å². The third kappa shape index (κ3) is 4.74. The zero-order valence-electron chi connectivity index (χ0n) is 18.2. The third-order valence-corrected chi connectivity index (χ3v) is 6.63. The predicted octanol–water partition coefficient (Wildman–Crippen LogP) is 4.10. The Morgan fingerprint density at radius 1 is 1.16 bits per heavy atom. The van der Waals surface area contributed by atoms with Crippen molar-refractivity contribution in [1.82, 2.24) is 9.88 Å². The highest BCUT2D eigenvalue weighted by Crippen LogP contribution is 2.30. The Kier molecular flexibility index (Phi) is 6.40. The topological polar surface area (TPSA) is 98.3 Å². The minimum Gasteiger partial charge on any atom is -0.382 e. The first-order valence-corrected chi connectivity index (χ1v) is 11.4. The van der Waals surface area contributed by atoms with Crippen LogP contribution in [0.4, 0.5) is 22.3 Å². The fraction of sp³-hybridized carbons (Fsp3) is 0.292. The van der Waals surface area contributed by atoms with Crippen LogP contribution in [-0.4, -0.2) is 47.9 Å². The molecule has 0 aliphatic carbocycles. The van der Waals surface area contributed by atoms with Gasteiger partial charge in [0.15, 0.2) is 5.13 Å². The average molecular weight is 447 g/mol. The molecule has 1 saturated heterocycles. The molecule has 164 valence electrons. The average Bonchev–Trinajstić information content (AvgIpc) is 3.19. The van der Waals surface area contributed by atoms with Gasteiger partial charge in [0, 0.05) is 49.2 Å². The number of nitrogens with one attached hydrogen (secondary N) is 1. The van der Waals surface area contributed by atoms with Crippen molar-refractivity contribution in [3.63, 3.8) is 0 Å². The number of aromatic nitrogens is 1. The molecule has 0 unspecified atom stereocenters. The molecule has 0 radical (unpaired) electrons. The Morgan fingerprint density at radius 3 is 2.53 bits per heavy atom. The highest BCUT2D eigenvalue weighted by molar-refractivity contribution is 7.18. The lowest BCUT2D eigenvalue weighted by Crippen LogP contribution is -2.48. The number of piperazine rings is 1. The number of nitrogen functional groups attached to an aromatic ring is 1. The number of hydrogen-bond acceptors (Lipinski definition) is 8. The van der Waals surface area contributed by atoms with E-state index in [2.05, 4.69) is 46.1 Å². The van der Waals surface area contributed by atoms with Crippen LogP contribution in [0.25, 0.3) is 0 Å². The summed E-state index contributed by atoms with van der Waals surface area (Å²) in [7, 11) is 0. The number of carbonyl (C=O) groups is 1. The molecule has 1 aliphatic rings. The molecule has 3 N–H and O–H groups in total. The molecular formula is C24H26N6OS. The van der Waals surface area contributed by atoms with Crippen molar-refractivity contribution in [3.8, 4) is 6.07 Å². The van der Waals surface area contributed by atoms with Gasteiger partial charge in [-0.05, 0) is 50.2 Å². The van der Waals surface area contributed by atoms with Crippen LogP contribution in [0.3, 0.4) is 0 Å². The van der Waals surface area contributed by atoms with Gasteiger partial charge < -0.3 is 16.0 Å². The van der Waals surface area contributed by atoms with Gasteiger partial charge in [0.1, 0.15) is 10.7 Å². The van der Waals surface area contributed by atoms with Gasteiger partial charge >= 0.3 is 0 Å². The smallest absolute Gasteiger partial charge is 0.206 e. The van der Waals surface area contributed by atoms with Crippen LogP contribution in [0.15, 0.2) is 48.5 Å². The van der Waals surface area contributed by atoms with Crippen LogP contribution >= 0.6 is 11.3 Å². The zero-order chi connectivity index (χ0) is 22.7. The van der Waals surface area contributed by atoms with E-state index in [1.54, 1.807) is 24.3 Å². The van der Waals surface area contributed by atoms with E-state index >= 15 is 0 Å². The second kappa shape index (κ2) is 9.39. The van der Waals surface area contributed by atoms with Crippen molar-refractivity contribution in [2.75, 3.05) is 42.1 Å². The van der Waals surface area contributed by atoms with Crippen LogP contribution in [0.5, 0.6) is 0 Å². The number of rotatable bonds is 6. The molecule has 0 bridgehead atoms. The molecule has 1 aromatic heterocycles. The summed E-state index contributed by atoms with van der Waals surface area (Å²) in [5.74, 6) is -0.0504. The van der Waals surface area contributed by atoms with Crippen molar-refractivity contribution in [3.05, 3.63) is 64.5 Å². The predicted molar refractivity (Wildman–Crippen MR) is 130 cm³/mol. The zero-order valence-corrected chi connectivity index (χ0v) is 19.0. The molecule has 3 aromatic rings. The molecule has 7 nitrogen and oxygen atoms in total. The van der Waals surface area contributed by atoms with E-state index in [-0.39, 0.29) is 11.6 Å². The summed E-state index contributed by atoms with van der Waals surface area (Å²) in [4.78, 5) is 22.4. The fourth-order valence-corrected chi connectivity index (χ4v) is 4.65. The number of anilines is 4. The summed E-state index contributed by atoms with van der Waals surface area (Å²) < 4.78 is 0. The van der Waals surface area contributed by atoms with Gasteiger partial charge in [0.25, 0.3) is 0 Å². The van der Waals surface area contributed by atoms with Crippen LogP contribution < -0.4 is 16.0 Å². The van der Waals surface area contributed by atoms with Gasteiger partial charge in [-0.2, -0.15) is 5.26 Å². The third-order valence-electron chi connectivity index (χ3n) is 5.64. The van der Waals surface area contributed by atoms with Crippen molar-refractivity contribution in [1.29, 1.82) is 5.26 Å². The Balaban J connectivity index is 1.43. The number of nitrogens with two attached hydrogens (primary N) is 1. The van der Waals surface area contributed by atoms with E-state index in [9.17, 15) is 4.79 Å². The second-order valence-corrected chi connectivity index (χ2v) is 9.04. The van der Waals surface area contributed by atoms with Crippen LogP contribution in [0.1, 0.15) is 34.6 Å². The summed E-state index contributed by atoms with van der Waals surface area (Å²) in [6, 6.07) is 17.4. The lowest BCUT2D eigenvalue weighted by Gasteiger charge is -2.38. The second-order valence-electron chi connectivity index (χ2n) is 8.04. The van der Waals surface area contributed by atoms with Gasteiger partial charge in [-0.15, -0.1) is 0 Å². The maximum atomic E-state index is 12.8. The maximum Gasteiger partial charge on any atom is 0.206 e. The maximum absolute atomic E-state index is 12.8. The van der Waals surface area contributed by atoms with E-state index in [0.29, 0.717) is 27.2 Å². The molecule has 0 atom stereocenters. The molecule has 0 saturated carbocycles. The highest BCUT2D eigenvalue weighted by atomic mass is 32.1. The normalized spacial score (nSPS) is 14.4. The number of benzene rings is 2. The summed E-state index contributed by atoms with van der Waals surface area (Å²) in [6.45, 7) is 8.67. The van der Waals surface area contributed by atoms with Gasteiger partial charge in [-0.25, -0.2) is 4.98 Å². The molecule has 0 amide bonds. The van der Waals surface area contributed by atoms with Gasteiger partial charge in [0.05, 0.1) is 11.6 Å². The number of thiazole rings is 1. The van der Waals surface area contributed by atoms with Crippen LogP contribution in [0, 0.1) is 11.3 Å². The SMILES string of the molecule is CC(C)N1CCN(c2ccc(Nc3nc(N)c(C(=O)c4cccc(C#N)c4)s3)cc2)CC1. The molecular weight excluding hydrogens is 420 g/mol. The lowest BCUT2D eigenvalue weighted by molar-refractivity contribution is 0.104. The molecule has 2 aromatic carbocycles. The van der Waals surface area contributed by atoms with Crippen molar-refractivity contribution in [2.45, 2.75) is 19.9 Å². The largest absolute Gasteiger partial charge is 0.382 e. The number of nitrogens with zero attached hydrogens (tertiary/aromatic N) is 4. The molecule has 1 aliphatic heterocycles. The first-order chi connectivity index (χ1) is 15.4. The van der Waals surface area contributed by atoms with Crippen molar-refractivity contribution in [2.24, 2.45) is 0 Å². The number of nitriles is 1. The van der Waals surface area contributed by atoms with E-state index in [1.165, 1.54) is 17.0 Å². The van der Waals surface area contributed by atoms with E-state index < -0.39 is 0 Å². The highest BCUT2D eigenvalue weighted by Gasteiger charge is 2.20. The van der Waals surface area contributed by atoms with Crippen LogP contribution in [0.2, 0.25) is 0 Å². The Hall–Kier alpha value is -3.41. The van der Waals surface area contributed by atoms with Crippen molar-refractivity contribution >= 4 is 39.4 Å². The standard InChI is InChI=1S/C24H26N6OS/c1-16(2)29-10-12-30(13-11-29)20-8-6-19(7-9-20)27-24-28-23(26)22(32-24)21(31)18-5-3-4-17(14-18)15-25/h3-9,14,16H,10-13,26H2,1-2H3,(H,27,28). The summed E-state index contributed by atoms with van der Waals surface area (Å²) in [5.41, 5.74) is 8.96.